The van der Waals surface area contributed by atoms with E-state index in [1.54, 1.807) is 13.8 Å². The van der Waals surface area contributed by atoms with Gasteiger partial charge in [-0.2, -0.15) is 0 Å². The molecule has 1 saturated heterocycles. The van der Waals surface area contributed by atoms with Crippen molar-refractivity contribution in [1.82, 2.24) is 15.2 Å². The highest BCUT2D eigenvalue weighted by Crippen LogP contribution is 2.20. The minimum absolute atomic E-state index is 0.0151. The Morgan fingerprint density at radius 1 is 1.33 bits per heavy atom. The number of aromatic nitrogens is 1. The summed E-state index contributed by atoms with van der Waals surface area (Å²) in [5, 5.41) is 6.94. The first-order valence-corrected chi connectivity index (χ1v) is 7.65. The smallest absolute Gasteiger partial charge is 0.246 e. The second kappa shape index (κ2) is 5.38. The fourth-order valence-corrected chi connectivity index (χ4v) is 3.91. The predicted molar refractivity (Wildman–Crippen MR) is 66.8 cm³/mol. The molecule has 0 spiro atoms. The largest absolute Gasteiger partial charge is 0.360 e. The molecule has 1 aromatic rings. The summed E-state index contributed by atoms with van der Waals surface area (Å²) in [6.45, 7) is 5.04. The minimum atomic E-state index is -3.53. The highest BCUT2D eigenvalue weighted by Gasteiger charge is 2.27. The van der Waals surface area contributed by atoms with E-state index in [1.807, 2.05) is 0 Å². The molecule has 0 saturated carbocycles. The molecule has 0 amide bonds. The third kappa shape index (κ3) is 2.90. The molecule has 1 aliphatic rings. The van der Waals surface area contributed by atoms with Crippen molar-refractivity contribution in [3.05, 3.63) is 11.5 Å². The summed E-state index contributed by atoms with van der Waals surface area (Å²) in [5.74, 6) is 0.340. The summed E-state index contributed by atoms with van der Waals surface area (Å²) < 4.78 is 32.2. The van der Waals surface area contributed by atoms with Gasteiger partial charge in [0.25, 0.3) is 0 Å². The lowest BCUT2D eigenvalue weighted by molar-refractivity contribution is 0.390. The Balaban J connectivity index is 2.16. The molecular formula is C11H19N3O3S. The minimum Gasteiger partial charge on any atom is -0.360 e. The van der Waals surface area contributed by atoms with Gasteiger partial charge in [-0.1, -0.05) is 5.16 Å². The van der Waals surface area contributed by atoms with Crippen LogP contribution in [0, 0.1) is 13.8 Å². The molecule has 2 N–H and O–H groups in total. The molecule has 6 nitrogen and oxygen atoms in total. The van der Waals surface area contributed by atoms with Gasteiger partial charge in [0.15, 0.2) is 5.76 Å². The Kier molecular flexibility index (Phi) is 4.04. The van der Waals surface area contributed by atoms with E-state index in [4.69, 9.17) is 4.52 Å². The number of nitrogens with one attached hydrogen (secondary N) is 2. The zero-order valence-electron chi connectivity index (χ0n) is 10.7. The molecule has 0 bridgehead atoms. The van der Waals surface area contributed by atoms with Crippen LogP contribution in [0.5, 0.6) is 0 Å². The van der Waals surface area contributed by atoms with Gasteiger partial charge >= 0.3 is 0 Å². The molecule has 1 aliphatic heterocycles. The lowest BCUT2D eigenvalue weighted by atomic mass is 10.1. The molecular weight excluding hydrogens is 254 g/mol. The van der Waals surface area contributed by atoms with Gasteiger partial charge in [-0.15, -0.1) is 0 Å². The number of hydrogen-bond acceptors (Lipinski definition) is 5. The summed E-state index contributed by atoms with van der Waals surface area (Å²) in [6.07, 6.45) is 2.65. The zero-order valence-corrected chi connectivity index (χ0v) is 11.5. The second-order valence-electron chi connectivity index (χ2n) is 4.65. The molecule has 2 rings (SSSR count). The van der Waals surface area contributed by atoms with Crippen molar-refractivity contribution in [2.45, 2.75) is 44.0 Å². The summed E-state index contributed by atoms with van der Waals surface area (Å²) in [6, 6.07) is -0.0151. The van der Waals surface area contributed by atoms with Crippen molar-refractivity contribution in [3.63, 3.8) is 0 Å². The molecule has 1 aromatic heterocycles. The number of rotatable bonds is 3. The highest BCUT2D eigenvalue weighted by molar-refractivity contribution is 7.89. The fraction of sp³-hybridized carbons (Fsp3) is 0.727. The van der Waals surface area contributed by atoms with E-state index >= 15 is 0 Å². The van der Waals surface area contributed by atoms with Crippen molar-refractivity contribution in [2.75, 3.05) is 13.1 Å². The molecule has 0 radical (unpaired) electrons. The summed E-state index contributed by atoms with van der Waals surface area (Å²) in [7, 11) is -3.53. The van der Waals surface area contributed by atoms with E-state index in [0.29, 0.717) is 11.5 Å². The predicted octanol–water partition coefficient (Wildman–Crippen LogP) is 0.712. The maximum atomic E-state index is 12.3. The Hall–Kier alpha value is -0.920. The van der Waals surface area contributed by atoms with Gasteiger partial charge in [-0.3, -0.25) is 0 Å². The molecule has 2 heterocycles. The van der Waals surface area contributed by atoms with E-state index < -0.39 is 10.0 Å². The summed E-state index contributed by atoms with van der Waals surface area (Å²) in [4.78, 5) is 0.180. The van der Waals surface area contributed by atoms with Crippen LogP contribution in [0.25, 0.3) is 0 Å². The van der Waals surface area contributed by atoms with Crippen LogP contribution >= 0.6 is 0 Å². The topological polar surface area (TPSA) is 84.2 Å². The van der Waals surface area contributed by atoms with Crippen LogP contribution < -0.4 is 10.0 Å². The third-order valence-electron chi connectivity index (χ3n) is 3.13. The summed E-state index contributed by atoms with van der Waals surface area (Å²) in [5.41, 5.74) is 0.409. The van der Waals surface area contributed by atoms with Gasteiger partial charge in [0.05, 0.1) is 0 Å². The lowest BCUT2D eigenvalue weighted by Crippen LogP contribution is -2.35. The standard InChI is InChI=1S/C11H19N3O3S/c1-8-11(9(2)17-13-8)18(15,16)14-10-4-3-6-12-7-5-10/h10,12,14H,3-7H2,1-2H3. The molecule has 1 fully saturated rings. The second-order valence-corrected chi connectivity index (χ2v) is 6.30. The fourth-order valence-electron chi connectivity index (χ4n) is 2.27. The monoisotopic (exact) mass is 273 g/mol. The van der Waals surface area contributed by atoms with Crippen LogP contribution in [0.4, 0.5) is 0 Å². The zero-order chi connectivity index (χ0) is 13.2. The maximum absolute atomic E-state index is 12.3. The van der Waals surface area contributed by atoms with Crippen LogP contribution in [-0.2, 0) is 10.0 Å². The van der Waals surface area contributed by atoms with E-state index in [9.17, 15) is 8.42 Å². The van der Waals surface area contributed by atoms with Gasteiger partial charge in [0, 0.05) is 6.04 Å². The highest BCUT2D eigenvalue weighted by atomic mass is 32.2. The van der Waals surface area contributed by atoms with E-state index in [2.05, 4.69) is 15.2 Å². The Morgan fingerprint density at radius 2 is 2.11 bits per heavy atom. The van der Waals surface area contributed by atoms with E-state index in [-0.39, 0.29) is 10.9 Å². The Bertz CT molecular complexity index is 482. The van der Waals surface area contributed by atoms with Crippen LogP contribution in [0.2, 0.25) is 0 Å². The van der Waals surface area contributed by atoms with Crippen molar-refractivity contribution in [2.24, 2.45) is 0 Å². The number of nitrogens with zero attached hydrogens (tertiary/aromatic N) is 1. The van der Waals surface area contributed by atoms with Crippen molar-refractivity contribution >= 4 is 10.0 Å². The Morgan fingerprint density at radius 3 is 2.78 bits per heavy atom. The average molecular weight is 273 g/mol. The van der Waals surface area contributed by atoms with Crippen molar-refractivity contribution < 1.29 is 12.9 Å². The van der Waals surface area contributed by atoms with Crippen LogP contribution in [0.3, 0.4) is 0 Å². The first-order chi connectivity index (χ1) is 8.50. The molecule has 7 heteroatoms. The molecule has 1 atom stereocenters. The van der Waals surface area contributed by atoms with Gasteiger partial charge in [0.1, 0.15) is 10.6 Å². The van der Waals surface area contributed by atoms with Gasteiger partial charge < -0.3 is 9.84 Å². The van der Waals surface area contributed by atoms with Crippen LogP contribution in [0.15, 0.2) is 9.42 Å². The number of aryl methyl sites for hydroxylation is 2. The first-order valence-electron chi connectivity index (χ1n) is 6.16. The third-order valence-corrected chi connectivity index (χ3v) is 4.90. The molecule has 18 heavy (non-hydrogen) atoms. The molecule has 102 valence electrons. The average Bonchev–Trinajstić information content (AvgIpc) is 2.52. The molecule has 1 unspecified atom stereocenters. The van der Waals surface area contributed by atoms with Gasteiger partial charge in [0.2, 0.25) is 10.0 Å². The maximum Gasteiger partial charge on any atom is 0.246 e. The van der Waals surface area contributed by atoms with Crippen LogP contribution in [-0.4, -0.2) is 32.7 Å². The van der Waals surface area contributed by atoms with E-state index in [0.717, 1.165) is 32.4 Å². The first kappa shape index (κ1) is 13.5. The van der Waals surface area contributed by atoms with Gasteiger partial charge in [-0.05, 0) is 46.2 Å². The van der Waals surface area contributed by atoms with Crippen molar-refractivity contribution in [3.8, 4) is 0 Å². The SMILES string of the molecule is Cc1noc(C)c1S(=O)(=O)NC1CCCNCC1. The molecule has 0 aromatic carbocycles. The Labute approximate surface area is 107 Å². The number of hydrogen-bond donors (Lipinski definition) is 2. The number of sulfonamides is 1. The quantitative estimate of drug-likeness (QED) is 0.847. The van der Waals surface area contributed by atoms with Crippen molar-refractivity contribution in [1.29, 1.82) is 0 Å². The normalized spacial score (nSPS) is 21.8. The van der Waals surface area contributed by atoms with E-state index in [1.165, 1.54) is 0 Å². The molecule has 0 aliphatic carbocycles. The van der Waals surface area contributed by atoms with Gasteiger partial charge in [-0.25, -0.2) is 13.1 Å². The van der Waals surface area contributed by atoms with Crippen LogP contribution in [0.1, 0.15) is 30.7 Å². The summed E-state index contributed by atoms with van der Waals surface area (Å²) >= 11 is 0. The lowest BCUT2D eigenvalue weighted by Gasteiger charge is -2.15.